The maximum absolute atomic E-state index is 12.5. The first-order valence-corrected chi connectivity index (χ1v) is 7.83. The molecular formula is C17H16N4O5. The molecule has 0 fully saturated rings. The first kappa shape index (κ1) is 17.3. The van der Waals surface area contributed by atoms with E-state index in [2.05, 4.69) is 0 Å². The zero-order chi connectivity index (χ0) is 19.0. The predicted octanol–water partition coefficient (Wildman–Crippen LogP) is 0.595. The number of carbonyl (C=O) groups excluding carboxylic acids is 1. The lowest BCUT2D eigenvalue weighted by Crippen LogP contribution is -2.37. The van der Waals surface area contributed by atoms with Gasteiger partial charge >= 0.3 is 5.69 Å². The Kier molecular flexibility index (Phi) is 4.29. The topological polar surface area (TPSA) is 107 Å². The Labute approximate surface area is 147 Å². The highest BCUT2D eigenvalue weighted by Crippen LogP contribution is 2.31. The Morgan fingerprint density at radius 3 is 2.69 bits per heavy atom. The quantitative estimate of drug-likeness (QED) is 0.454. The molecule has 9 heteroatoms. The van der Waals surface area contributed by atoms with E-state index in [0.717, 1.165) is 10.1 Å². The van der Waals surface area contributed by atoms with Crippen LogP contribution in [0.3, 0.4) is 0 Å². The summed E-state index contributed by atoms with van der Waals surface area (Å²) in [6.45, 7) is 0.408. The number of hydrogen-bond acceptors (Lipinski definition) is 5. The highest BCUT2D eigenvalue weighted by molar-refractivity contribution is 6.05. The summed E-state index contributed by atoms with van der Waals surface area (Å²) in [4.78, 5) is 48.1. The molecule has 0 spiro atoms. The molecule has 1 aliphatic rings. The SMILES string of the molecule is Cn1cc(/C=C/C(=O)N2CCc3ccc([N+](=O)[O-])cc32)c(=O)n(C)c1=O. The Hall–Kier alpha value is -3.49. The fourth-order valence-corrected chi connectivity index (χ4v) is 2.91. The lowest BCUT2D eigenvalue weighted by molar-refractivity contribution is -0.384. The van der Waals surface area contributed by atoms with Crippen LogP contribution in [-0.2, 0) is 25.3 Å². The molecule has 0 saturated carbocycles. The van der Waals surface area contributed by atoms with E-state index in [4.69, 9.17) is 0 Å². The summed E-state index contributed by atoms with van der Waals surface area (Å²) >= 11 is 0. The molecule has 0 aliphatic carbocycles. The number of nitro benzene ring substituents is 1. The van der Waals surface area contributed by atoms with Crippen molar-refractivity contribution in [2.45, 2.75) is 6.42 Å². The molecule has 1 amide bonds. The molecule has 2 heterocycles. The zero-order valence-electron chi connectivity index (χ0n) is 14.2. The third-order valence-corrected chi connectivity index (χ3v) is 4.32. The summed E-state index contributed by atoms with van der Waals surface area (Å²) in [7, 11) is 2.87. The van der Waals surface area contributed by atoms with Crippen molar-refractivity contribution in [2.75, 3.05) is 11.4 Å². The second-order valence-electron chi connectivity index (χ2n) is 5.99. The molecule has 0 unspecified atom stereocenters. The molecule has 0 saturated heterocycles. The molecule has 9 nitrogen and oxygen atoms in total. The van der Waals surface area contributed by atoms with Crippen molar-refractivity contribution in [1.29, 1.82) is 0 Å². The number of hydrogen-bond donors (Lipinski definition) is 0. The van der Waals surface area contributed by atoms with Crippen molar-refractivity contribution >= 4 is 23.4 Å². The van der Waals surface area contributed by atoms with E-state index in [-0.39, 0.29) is 17.2 Å². The van der Waals surface area contributed by atoms with E-state index in [1.807, 2.05) is 0 Å². The van der Waals surface area contributed by atoms with Crippen LogP contribution in [0.2, 0.25) is 0 Å². The van der Waals surface area contributed by atoms with Crippen molar-refractivity contribution < 1.29 is 9.72 Å². The molecule has 2 aromatic rings. The molecule has 0 radical (unpaired) electrons. The van der Waals surface area contributed by atoms with Gasteiger partial charge in [0, 0.05) is 45.0 Å². The maximum atomic E-state index is 12.5. The predicted molar refractivity (Wildman–Crippen MR) is 95.1 cm³/mol. The monoisotopic (exact) mass is 356 g/mol. The Morgan fingerprint density at radius 2 is 2.00 bits per heavy atom. The lowest BCUT2D eigenvalue weighted by Gasteiger charge is -2.14. The summed E-state index contributed by atoms with van der Waals surface area (Å²) in [5, 5.41) is 10.9. The Morgan fingerprint density at radius 1 is 1.27 bits per heavy atom. The van der Waals surface area contributed by atoms with Gasteiger partial charge in [0.25, 0.3) is 17.2 Å². The van der Waals surface area contributed by atoms with Gasteiger partial charge in [-0.3, -0.25) is 24.3 Å². The Bertz CT molecular complexity index is 1060. The summed E-state index contributed by atoms with van der Waals surface area (Å²) in [6, 6.07) is 4.43. The number of amides is 1. The number of nitro groups is 1. The standard InChI is InChI=1S/C17H16N4O5/c1-18-10-12(16(23)19(2)17(18)24)4-6-15(22)20-8-7-11-3-5-13(21(25)26)9-14(11)20/h3-6,9-10H,7-8H2,1-2H3/b6-4+. The zero-order valence-corrected chi connectivity index (χ0v) is 14.2. The number of aromatic nitrogens is 2. The first-order valence-electron chi connectivity index (χ1n) is 7.83. The van der Waals surface area contributed by atoms with Gasteiger partial charge in [-0.1, -0.05) is 6.07 Å². The smallest absolute Gasteiger partial charge is 0.308 e. The molecule has 1 aromatic carbocycles. The normalized spacial score (nSPS) is 13.2. The number of non-ortho nitro benzene ring substituents is 1. The van der Waals surface area contributed by atoms with E-state index in [1.54, 1.807) is 6.07 Å². The van der Waals surface area contributed by atoms with Gasteiger partial charge in [0.2, 0.25) is 0 Å². The number of anilines is 1. The Balaban J connectivity index is 1.91. The van der Waals surface area contributed by atoms with Crippen LogP contribution in [0.25, 0.3) is 6.08 Å². The highest BCUT2D eigenvalue weighted by Gasteiger charge is 2.25. The molecule has 3 rings (SSSR count). The molecule has 1 aromatic heterocycles. The van der Waals surface area contributed by atoms with E-state index < -0.39 is 16.2 Å². The number of nitrogens with zero attached hydrogens (tertiary/aromatic N) is 4. The van der Waals surface area contributed by atoms with E-state index >= 15 is 0 Å². The molecule has 134 valence electrons. The minimum absolute atomic E-state index is 0.0839. The summed E-state index contributed by atoms with van der Waals surface area (Å²) < 4.78 is 2.21. The minimum Gasteiger partial charge on any atom is -0.308 e. The van der Waals surface area contributed by atoms with Gasteiger partial charge in [0.1, 0.15) is 0 Å². The summed E-state index contributed by atoms with van der Waals surface area (Å²) in [5.41, 5.74) is 0.507. The first-order chi connectivity index (χ1) is 12.3. The second kappa shape index (κ2) is 6.43. The van der Waals surface area contributed by atoms with Gasteiger partial charge in [-0.15, -0.1) is 0 Å². The second-order valence-corrected chi connectivity index (χ2v) is 5.99. The van der Waals surface area contributed by atoms with Gasteiger partial charge in [0.15, 0.2) is 0 Å². The fraction of sp³-hybridized carbons (Fsp3) is 0.235. The van der Waals surface area contributed by atoms with Crippen LogP contribution in [0.15, 0.2) is 40.1 Å². The van der Waals surface area contributed by atoms with Crippen LogP contribution < -0.4 is 16.1 Å². The minimum atomic E-state index is -0.509. The van der Waals surface area contributed by atoms with Gasteiger partial charge in [-0.2, -0.15) is 0 Å². The molecule has 0 atom stereocenters. The van der Waals surface area contributed by atoms with E-state index in [1.165, 1.54) is 54.0 Å². The highest BCUT2D eigenvalue weighted by atomic mass is 16.6. The number of carbonyl (C=O) groups is 1. The van der Waals surface area contributed by atoms with Gasteiger partial charge in [0.05, 0.1) is 16.2 Å². The van der Waals surface area contributed by atoms with Crippen molar-refractivity contribution in [3.05, 3.63) is 72.6 Å². The van der Waals surface area contributed by atoms with Crippen molar-refractivity contribution in [3.63, 3.8) is 0 Å². The molecular weight excluding hydrogens is 340 g/mol. The number of aryl methyl sites for hydroxylation is 1. The molecule has 1 aliphatic heterocycles. The molecule has 0 bridgehead atoms. The number of fused-ring (bicyclic) bond motifs is 1. The van der Waals surface area contributed by atoms with Crippen LogP contribution in [0, 0.1) is 10.1 Å². The van der Waals surface area contributed by atoms with E-state index in [0.29, 0.717) is 18.7 Å². The van der Waals surface area contributed by atoms with E-state index in [9.17, 15) is 24.5 Å². The average molecular weight is 356 g/mol. The summed E-state index contributed by atoms with van der Waals surface area (Å²) in [5.74, 6) is -0.389. The fourth-order valence-electron chi connectivity index (χ4n) is 2.91. The maximum Gasteiger partial charge on any atom is 0.330 e. The number of rotatable bonds is 3. The van der Waals surface area contributed by atoms with Gasteiger partial charge in [-0.05, 0) is 18.1 Å². The third-order valence-electron chi connectivity index (χ3n) is 4.32. The van der Waals surface area contributed by atoms with Crippen molar-refractivity contribution in [3.8, 4) is 0 Å². The molecule has 26 heavy (non-hydrogen) atoms. The van der Waals surface area contributed by atoms with Crippen LogP contribution in [-0.4, -0.2) is 26.5 Å². The lowest BCUT2D eigenvalue weighted by atomic mass is 10.1. The van der Waals surface area contributed by atoms with Crippen LogP contribution in [0.5, 0.6) is 0 Å². The third kappa shape index (κ3) is 2.94. The number of benzene rings is 1. The van der Waals surface area contributed by atoms with Crippen LogP contribution in [0.1, 0.15) is 11.1 Å². The van der Waals surface area contributed by atoms with Crippen molar-refractivity contribution in [2.24, 2.45) is 14.1 Å². The van der Waals surface area contributed by atoms with Crippen LogP contribution in [0.4, 0.5) is 11.4 Å². The van der Waals surface area contributed by atoms with Crippen molar-refractivity contribution in [1.82, 2.24) is 9.13 Å². The average Bonchev–Trinajstić information content (AvgIpc) is 3.04. The summed E-state index contributed by atoms with van der Waals surface area (Å²) in [6.07, 6.45) is 4.54. The molecule has 0 N–H and O–H groups in total. The van der Waals surface area contributed by atoms with Gasteiger partial charge < -0.3 is 9.47 Å². The largest absolute Gasteiger partial charge is 0.330 e. The van der Waals surface area contributed by atoms with Gasteiger partial charge in [-0.25, -0.2) is 4.79 Å². The van der Waals surface area contributed by atoms with Crippen LogP contribution >= 0.6 is 0 Å².